The molecule has 1 aliphatic heterocycles. The first-order valence-corrected chi connectivity index (χ1v) is 10.2. The lowest BCUT2D eigenvalue weighted by Crippen LogP contribution is -2.42. The van der Waals surface area contributed by atoms with Gasteiger partial charge in [0.1, 0.15) is 17.6 Å². The summed E-state index contributed by atoms with van der Waals surface area (Å²) < 4.78 is 11.7. The van der Waals surface area contributed by atoms with Crippen molar-refractivity contribution >= 4 is 24.0 Å². The lowest BCUT2D eigenvalue weighted by molar-refractivity contribution is -0.0402. The van der Waals surface area contributed by atoms with E-state index in [9.17, 15) is 0 Å². The van der Waals surface area contributed by atoms with Gasteiger partial charge in [-0.2, -0.15) is 10.4 Å². The zero-order valence-corrected chi connectivity index (χ0v) is 19.0. The number of hydrogen-bond acceptors (Lipinski definition) is 8. The van der Waals surface area contributed by atoms with Crippen LogP contribution in [0.25, 0.3) is 11.3 Å². The van der Waals surface area contributed by atoms with Gasteiger partial charge in [-0.3, -0.25) is 10.00 Å². The topological polar surface area (TPSA) is 112 Å². The first-order valence-electron chi connectivity index (χ1n) is 10.2. The normalized spacial score (nSPS) is 16.3. The first-order chi connectivity index (χ1) is 15.1. The molecule has 0 saturated carbocycles. The summed E-state index contributed by atoms with van der Waals surface area (Å²) in [5.74, 6) is 1.84. The molecule has 1 aliphatic rings. The minimum absolute atomic E-state index is 0. The second-order valence-electron chi connectivity index (χ2n) is 7.60. The Labute approximate surface area is 193 Å². The van der Waals surface area contributed by atoms with Crippen molar-refractivity contribution < 1.29 is 9.47 Å². The minimum Gasteiger partial charge on any atom is -0.496 e. The molecule has 2 N–H and O–H groups in total. The Morgan fingerprint density at radius 3 is 2.78 bits per heavy atom. The number of hydrogen-bond donors (Lipinski definition) is 2. The van der Waals surface area contributed by atoms with Crippen LogP contribution in [-0.4, -0.2) is 57.9 Å². The molecule has 1 atom stereocenters. The number of nitrogens with one attached hydrogen (secondary N) is 2. The molecule has 0 spiro atoms. The maximum absolute atomic E-state index is 8.82. The highest BCUT2D eigenvalue weighted by Crippen LogP contribution is 2.34. The van der Waals surface area contributed by atoms with E-state index >= 15 is 0 Å². The van der Waals surface area contributed by atoms with Crippen molar-refractivity contribution in [2.75, 3.05) is 32.1 Å². The summed E-state index contributed by atoms with van der Waals surface area (Å²) in [7, 11) is 1.66. The van der Waals surface area contributed by atoms with Crippen LogP contribution in [0.4, 0.5) is 11.6 Å². The quantitative estimate of drug-likeness (QED) is 0.578. The average Bonchev–Trinajstić information content (AvgIpc) is 3.27. The summed E-state index contributed by atoms with van der Waals surface area (Å²) in [6.07, 6.45) is 2.92. The second-order valence-corrected chi connectivity index (χ2v) is 7.60. The Morgan fingerprint density at radius 1 is 1.25 bits per heavy atom. The van der Waals surface area contributed by atoms with Crippen LogP contribution in [0.15, 0.2) is 36.7 Å². The number of aromatic amines is 1. The lowest BCUT2D eigenvalue weighted by Gasteiger charge is -2.35. The van der Waals surface area contributed by atoms with E-state index in [0.717, 1.165) is 42.3 Å². The fourth-order valence-electron chi connectivity index (χ4n) is 3.58. The molecule has 0 radical (unpaired) electrons. The van der Waals surface area contributed by atoms with Gasteiger partial charge < -0.3 is 14.8 Å². The van der Waals surface area contributed by atoms with E-state index in [1.165, 1.54) is 12.4 Å². The Hall–Kier alpha value is -3.19. The zero-order valence-electron chi connectivity index (χ0n) is 18.2. The summed E-state index contributed by atoms with van der Waals surface area (Å²) >= 11 is 0. The van der Waals surface area contributed by atoms with Gasteiger partial charge in [0.25, 0.3) is 0 Å². The Balaban J connectivity index is 0.00000289. The van der Waals surface area contributed by atoms with Crippen molar-refractivity contribution in [3.05, 3.63) is 47.9 Å². The molecule has 1 aromatic carbocycles. The van der Waals surface area contributed by atoms with Gasteiger partial charge in [0.2, 0.25) is 0 Å². The van der Waals surface area contributed by atoms with E-state index in [0.29, 0.717) is 17.7 Å². The summed E-state index contributed by atoms with van der Waals surface area (Å²) in [4.78, 5) is 10.6. The molecule has 3 aromatic rings. The second kappa shape index (κ2) is 10.4. The van der Waals surface area contributed by atoms with E-state index in [-0.39, 0.29) is 24.2 Å². The highest BCUT2D eigenvalue weighted by molar-refractivity contribution is 5.85. The van der Waals surface area contributed by atoms with Crippen molar-refractivity contribution in [2.24, 2.45) is 0 Å². The Morgan fingerprint density at radius 2 is 2.09 bits per heavy atom. The smallest absolute Gasteiger partial charge is 0.158 e. The van der Waals surface area contributed by atoms with Gasteiger partial charge in [-0.05, 0) is 31.5 Å². The van der Waals surface area contributed by atoms with Gasteiger partial charge in [-0.25, -0.2) is 9.97 Å². The van der Waals surface area contributed by atoms with E-state index in [2.05, 4.69) is 50.3 Å². The number of benzene rings is 1. The summed E-state index contributed by atoms with van der Waals surface area (Å²) in [5, 5.41) is 19.2. The summed E-state index contributed by atoms with van der Waals surface area (Å²) in [6.45, 7) is 6.96. The van der Waals surface area contributed by atoms with E-state index < -0.39 is 0 Å². The van der Waals surface area contributed by atoms with Gasteiger partial charge in [0.05, 0.1) is 37.9 Å². The number of rotatable bonds is 6. The van der Waals surface area contributed by atoms with Crippen LogP contribution in [0.5, 0.6) is 5.75 Å². The van der Waals surface area contributed by atoms with Crippen LogP contribution < -0.4 is 10.1 Å². The van der Waals surface area contributed by atoms with E-state index in [4.69, 9.17) is 14.7 Å². The SMILES string of the molecule is COc1cc([C@@H]2CN(C(C)C)CCO2)ccc1-c1cc(Nc2cnc(C#N)cn2)n[nH]1.Cl. The molecule has 0 bridgehead atoms. The Bertz CT molecular complexity index is 1080. The van der Waals surface area contributed by atoms with Crippen LogP contribution >= 0.6 is 12.4 Å². The Kier molecular flexibility index (Phi) is 7.64. The monoisotopic (exact) mass is 455 g/mol. The molecule has 3 heterocycles. The number of nitrogens with zero attached hydrogens (tertiary/aromatic N) is 5. The lowest BCUT2D eigenvalue weighted by atomic mass is 10.0. The van der Waals surface area contributed by atoms with Crippen molar-refractivity contribution in [3.8, 4) is 23.1 Å². The largest absolute Gasteiger partial charge is 0.496 e. The van der Waals surface area contributed by atoms with Crippen molar-refractivity contribution in [1.29, 1.82) is 5.26 Å². The molecule has 4 rings (SSSR count). The number of ether oxygens (including phenoxy) is 2. The van der Waals surface area contributed by atoms with Crippen LogP contribution in [-0.2, 0) is 4.74 Å². The minimum atomic E-state index is 0. The first kappa shape index (κ1) is 23.5. The molecule has 0 aliphatic carbocycles. The molecule has 0 amide bonds. The molecular formula is C22H26ClN7O2. The molecule has 9 nitrogen and oxygen atoms in total. The van der Waals surface area contributed by atoms with Crippen LogP contribution in [0.1, 0.15) is 31.2 Å². The molecule has 1 saturated heterocycles. The predicted octanol–water partition coefficient (Wildman–Crippen LogP) is 3.69. The summed E-state index contributed by atoms with van der Waals surface area (Å²) in [5.41, 5.74) is 3.06. The fourth-order valence-corrected chi connectivity index (χ4v) is 3.58. The third-order valence-electron chi connectivity index (χ3n) is 5.32. The average molecular weight is 456 g/mol. The molecule has 32 heavy (non-hydrogen) atoms. The van der Waals surface area contributed by atoms with Gasteiger partial charge >= 0.3 is 0 Å². The van der Waals surface area contributed by atoms with Crippen molar-refractivity contribution in [3.63, 3.8) is 0 Å². The van der Waals surface area contributed by atoms with Gasteiger partial charge in [-0.15, -0.1) is 12.4 Å². The summed E-state index contributed by atoms with van der Waals surface area (Å²) in [6, 6.07) is 10.4. The molecule has 168 valence electrons. The zero-order chi connectivity index (χ0) is 21.8. The molecular weight excluding hydrogens is 430 g/mol. The number of nitriles is 1. The van der Waals surface area contributed by atoms with Gasteiger partial charge in [0.15, 0.2) is 11.5 Å². The number of H-pyrrole nitrogens is 1. The predicted molar refractivity (Wildman–Crippen MR) is 123 cm³/mol. The molecule has 1 fully saturated rings. The van der Waals surface area contributed by atoms with Gasteiger partial charge in [-0.1, -0.05) is 6.07 Å². The van der Waals surface area contributed by atoms with Gasteiger partial charge in [0, 0.05) is 30.8 Å². The number of morpholine rings is 1. The standard InChI is InChI=1S/C22H25N7O2.ClH/c1-14(2)29-6-7-31-20(13-29)15-4-5-17(19(8-15)30-3)18-9-21(28-27-18)26-22-12-24-16(10-23)11-25-22;/h4-5,8-9,11-12,14,20H,6-7,13H2,1-3H3,(H2,25,26,27,28);1H/t20-;/m0./s1. The molecule has 0 unspecified atom stereocenters. The van der Waals surface area contributed by atoms with Crippen LogP contribution in [0, 0.1) is 11.3 Å². The number of aromatic nitrogens is 4. The maximum Gasteiger partial charge on any atom is 0.158 e. The highest BCUT2D eigenvalue weighted by atomic mass is 35.5. The third kappa shape index (κ3) is 5.16. The van der Waals surface area contributed by atoms with Crippen molar-refractivity contribution in [2.45, 2.75) is 26.0 Å². The molecule has 2 aromatic heterocycles. The van der Waals surface area contributed by atoms with Crippen molar-refractivity contribution in [1.82, 2.24) is 25.1 Å². The molecule has 10 heteroatoms. The van der Waals surface area contributed by atoms with Crippen LogP contribution in [0.3, 0.4) is 0 Å². The maximum atomic E-state index is 8.82. The number of halogens is 1. The highest BCUT2D eigenvalue weighted by Gasteiger charge is 2.24. The van der Waals surface area contributed by atoms with E-state index in [1.807, 2.05) is 24.3 Å². The number of anilines is 2. The third-order valence-corrected chi connectivity index (χ3v) is 5.32. The fraction of sp³-hybridized carbons (Fsp3) is 0.364. The van der Waals surface area contributed by atoms with Crippen LogP contribution in [0.2, 0.25) is 0 Å². The number of methoxy groups -OCH3 is 1. The van der Waals surface area contributed by atoms with E-state index in [1.54, 1.807) is 7.11 Å².